The highest BCUT2D eigenvalue weighted by molar-refractivity contribution is 14.1. The van der Waals surface area contributed by atoms with Crippen LogP contribution in [0.2, 0.25) is 0 Å². The van der Waals surface area contributed by atoms with Crippen LogP contribution < -0.4 is 10.1 Å². The van der Waals surface area contributed by atoms with E-state index in [0.717, 1.165) is 6.42 Å². The molecule has 2 heterocycles. The van der Waals surface area contributed by atoms with Crippen LogP contribution in [0.3, 0.4) is 0 Å². The summed E-state index contributed by atoms with van der Waals surface area (Å²) < 4.78 is 6.35. The Kier molecular flexibility index (Phi) is 8.06. The molecule has 1 saturated heterocycles. The number of halogens is 1. The monoisotopic (exact) mass is 555 g/mol. The lowest BCUT2D eigenvalue weighted by molar-refractivity contribution is -0.138. The van der Waals surface area contributed by atoms with Crippen LogP contribution in [-0.4, -0.2) is 70.3 Å². The van der Waals surface area contributed by atoms with Crippen molar-refractivity contribution in [2.24, 2.45) is 5.41 Å². The molecular formula is C24H34IN3O4. The summed E-state index contributed by atoms with van der Waals surface area (Å²) in [6, 6.07) is 6.56. The van der Waals surface area contributed by atoms with E-state index in [4.69, 9.17) is 4.74 Å². The average molecular weight is 555 g/mol. The molecule has 3 rings (SSSR count). The van der Waals surface area contributed by atoms with Gasteiger partial charge in [0, 0.05) is 36.0 Å². The zero-order chi connectivity index (χ0) is 23.5. The first-order valence-electron chi connectivity index (χ1n) is 11.3. The molecule has 0 saturated carbocycles. The Labute approximate surface area is 204 Å². The second-order valence-electron chi connectivity index (χ2n) is 10.0. The van der Waals surface area contributed by atoms with Gasteiger partial charge >= 0.3 is 0 Å². The number of benzene rings is 1. The number of carbonyl (C=O) groups excluding carboxylic acids is 3. The highest BCUT2D eigenvalue weighted by Crippen LogP contribution is 2.27. The van der Waals surface area contributed by atoms with Gasteiger partial charge in [-0.2, -0.15) is 0 Å². The fourth-order valence-electron chi connectivity index (χ4n) is 4.24. The van der Waals surface area contributed by atoms with Crippen molar-refractivity contribution < 1.29 is 19.1 Å². The summed E-state index contributed by atoms with van der Waals surface area (Å²) in [5.74, 6) is 0.372. The van der Waals surface area contributed by atoms with Gasteiger partial charge in [-0.25, -0.2) is 0 Å². The molecule has 1 aromatic rings. The first kappa shape index (κ1) is 24.8. The van der Waals surface area contributed by atoms with Crippen LogP contribution >= 0.6 is 22.6 Å². The molecule has 0 aromatic heterocycles. The molecule has 1 aromatic carbocycles. The normalized spacial score (nSPS) is 25.1. The molecule has 2 aliphatic heterocycles. The lowest BCUT2D eigenvalue weighted by Crippen LogP contribution is -2.51. The van der Waals surface area contributed by atoms with Gasteiger partial charge in [-0.05, 0) is 42.9 Å². The molecule has 0 unspecified atom stereocenters. The van der Waals surface area contributed by atoms with Crippen LogP contribution in [0.4, 0.5) is 0 Å². The third kappa shape index (κ3) is 6.59. The first-order valence-corrected chi connectivity index (χ1v) is 12.5. The summed E-state index contributed by atoms with van der Waals surface area (Å²) in [7, 11) is 1.76. The predicted octanol–water partition coefficient (Wildman–Crippen LogP) is 3.26. The van der Waals surface area contributed by atoms with Gasteiger partial charge < -0.3 is 19.9 Å². The molecule has 176 valence electrons. The fourth-order valence-corrected chi connectivity index (χ4v) is 5.25. The van der Waals surface area contributed by atoms with Gasteiger partial charge in [0.15, 0.2) is 0 Å². The first-order chi connectivity index (χ1) is 15.0. The van der Waals surface area contributed by atoms with Gasteiger partial charge in [0.1, 0.15) is 18.4 Å². The summed E-state index contributed by atoms with van der Waals surface area (Å²) in [6.45, 7) is 7.53. The Morgan fingerprint density at radius 3 is 2.75 bits per heavy atom. The molecule has 1 N–H and O–H groups in total. The van der Waals surface area contributed by atoms with Crippen LogP contribution in [0.15, 0.2) is 24.3 Å². The fraction of sp³-hybridized carbons (Fsp3) is 0.625. The Morgan fingerprint density at radius 1 is 1.28 bits per heavy atom. The number of amides is 3. The molecular weight excluding hydrogens is 521 g/mol. The number of hydrogen-bond donors (Lipinski definition) is 1. The van der Waals surface area contributed by atoms with Crippen molar-refractivity contribution in [3.8, 4) is 5.75 Å². The van der Waals surface area contributed by atoms with Crippen molar-refractivity contribution in [1.29, 1.82) is 0 Å². The quantitative estimate of drug-likeness (QED) is 0.449. The number of carbonyl (C=O) groups is 3. The maximum Gasteiger partial charge on any atom is 0.253 e. The van der Waals surface area contributed by atoms with Gasteiger partial charge in [-0.15, -0.1) is 0 Å². The van der Waals surface area contributed by atoms with E-state index in [0.29, 0.717) is 54.2 Å². The van der Waals surface area contributed by atoms with E-state index < -0.39 is 6.04 Å². The SMILES string of the molecule is CN1CCC[C@H](NC(=O)CC(C)(C)C)C(=O)N2C[C@@H](I)C[C@H]2COc2cccc(c2)C1=O. The molecule has 0 spiro atoms. The van der Waals surface area contributed by atoms with Crippen molar-refractivity contribution in [2.45, 2.75) is 62.5 Å². The largest absolute Gasteiger partial charge is 0.491 e. The predicted molar refractivity (Wildman–Crippen MR) is 132 cm³/mol. The standard InChI is InChI=1S/C24H34IN3O4/c1-24(2,3)13-21(29)26-20-9-6-10-27(4)22(30)16-7-5-8-19(11-16)32-15-18-12-17(25)14-28(18)23(20)31/h5,7-8,11,17-18,20H,6,9-10,12-15H2,1-4H3,(H,26,29)/t17-,18-,20-/m0/s1. The minimum atomic E-state index is -0.599. The lowest BCUT2D eigenvalue weighted by atomic mass is 9.91. The Balaban J connectivity index is 1.84. The van der Waals surface area contributed by atoms with Gasteiger partial charge in [-0.3, -0.25) is 14.4 Å². The van der Waals surface area contributed by atoms with Gasteiger partial charge in [-0.1, -0.05) is 49.4 Å². The number of fused-ring (bicyclic) bond motifs is 3. The highest BCUT2D eigenvalue weighted by atomic mass is 127. The molecule has 32 heavy (non-hydrogen) atoms. The zero-order valence-electron chi connectivity index (χ0n) is 19.4. The van der Waals surface area contributed by atoms with E-state index in [1.807, 2.05) is 37.8 Å². The van der Waals surface area contributed by atoms with E-state index in [9.17, 15) is 14.4 Å². The second-order valence-corrected chi connectivity index (χ2v) is 11.8. The van der Waals surface area contributed by atoms with E-state index in [1.54, 1.807) is 24.1 Å². The number of alkyl halides is 1. The molecule has 7 nitrogen and oxygen atoms in total. The van der Waals surface area contributed by atoms with Crippen LogP contribution in [0.1, 0.15) is 56.8 Å². The molecule has 0 aliphatic carbocycles. The topological polar surface area (TPSA) is 79.0 Å². The number of nitrogens with zero attached hydrogens (tertiary/aromatic N) is 2. The summed E-state index contributed by atoms with van der Waals surface area (Å²) in [5.41, 5.74) is 0.425. The molecule has 2 aliphatic rings. The summed E-state index contributed by atoms with van der Waals surface area (Å²) in [6.07, 6.45) is 2.31. The molecule has 1 fully saturated rings. The smallest absolute Gasteiger partial charge is 0.253 e. The third-order valence-electron chi connectivity index (χ3n) is 5.83. The van der Waals surface area contributed by atoms with Gasteiger partial charge in [0.05, 0.1) is 6.04 Å². The Bertz CT molecular complexity index is 854. The third-order valence-corrected chi connectivity index (χ3v) is 6.73. The highest BCUT2D eigenvalue weighted by Gasteiger charge is 2.38. The van der Waals surface area contributed by atoms with Crippen molar-refractivity contribution in [3.63, 3.8) is 0 Å². The molecule has 3 atom stereocenters. The summed E-state index contributed by atoms with van der Waals surface area (Å²) >= 11 is 2.38. The van der Waals surface area contributed by atoms with Crippen molar-refractivity contribution in [1.82, 2.24) is 15.1 Å². The number of hydrogen-bond acceptors (Lipinski definition) is 4. The summed E-state index contributed by atoms with van der Waals surface area (Å²) in [5, 5.41) is 2.99. The van der Waals surface area contributed by atoms with Crippen molar-refractivity contribution in [2.75, 3.05) is 26.7 Å². The molecule has 2 bridgehead atoms. The van der Waals surface area contributed by atoms with Crippen LogP contribution in [0.25, 0.3) is 0 Å². The number of ether oxygens (including phenoxy) is 1. The molecule has 0 radical (unpaired) electrons. The summed E-state index contributed by atoms with van der Waals surface area (Å²) in [4.78, 5) is 42.5. The Hall–Kier alpha value is -1.84. The number of nitrogens with one attached hydrogen (secondary N) is 1. The minimum Gasteiger partial charge on any atom is -0.491 e. The average Bonchev–Trinajstić information content (AvgIpc) is 3.09. The minimum absolute atomic E-state index is 0.0557. The van der Waals surface area contributed by atoms with E-state index in [2.05, 4.69) is 27.9 Å². The molecule has 3 amide bonds. The maximum absolute atomic E-state index is 13.5. The lowest BCUT2D eigenvalue weighted by Gasteiger charge is -2.30. The van der Waals surface area contributed by atoms with E-state index in [-0.39, 0.29) is 29.2 Å². The van der Waals surface area contributed by atoms with E-state index >= 15 is 0 Å². The van der Waals surface area contributed by atoms with Gasteiger partial charge in [0.2, 0.25) is 11.8 Å². The van der Waals surface area contributed by atoms with Crippen molar-refractivity contribution >= 4 is 40.3 Å². The van der Waals surface area contributed by atoms with Crippen molar-refractivity contribution in [3.05, 3.63) is 29.8 Å². The van der Waals surface area contributed by atoms with E-state index in [1.165, 1.54) is 0 Å². The number of rotatable bonds is 2. The molecule has 8 heteroatoms. The Morgan fingerprint density at radius 2 is 2.03 bits per heavy atom. The van der Waals surface area contributed by atoms with Crippen LogP contribution in [0.5, 0.6) is 5.75 Å². The zero-order valence-corrected chi connectivity index (χ0v) is 21.6. The second kappa shape index (κ2) is 10.4. The van der Waals surface area contributed by atoms with Crippen LogP contribution in [-0.2, 0) is 9.59 Å². The van der Waals surface area contributed by atoms with Crippen LogP contribution in [0, 0.1) is 5.41 Å². The van der Waals surface area contributed by atoms with Gasteiger partial charge in [0.25, 0.3) is 5.91 Å². The maximum atomic E-state index is 13.5.